The zero-order valence-corrected chi connectivity index (χ0v) is 21.1. The van der Waals surface area contributed by atoms with Crippen LogP contribution in [0.2, 0.25) is 0 Å². The van der Waals surface area contributed by atoms with Gasteiger partial charge in [0.15, 0.2) is 0 Å². The Balaban J connectivity index is 1.76. The number of nitrogens with zero attached hydrogens (tertiary/aromatic N) is 1. The molecule has 3 aliphatic rings. The summed E-state index contributed by atoms with van der Waals surface area (Å²) in [5.74, 6) is -2.54. The van der Waals surface area contributed by atoms with Crippen LogP contribution < -0.4 is 21.7 Å². The van der Waals surface area contributed by atoms with E-state index < -0.39 is 35.7 Å². The van der Waals surface area contributed by atoms with Gasteiger partial charge in [0, 0.05) is 12.1 Å². The Morgan fingerprint density at radius 1 is 1.00 bits per heavy atom. The number of amides is 5. The number of nitrogens with one attached hydrogen (secondary N) is 3. The van der Waals surface area contributed by atoms with E-state index in [0.29, 0.717) is 32.2 Å². The van der Waals surface area contributed by atoms with Gasteiger partial charge in [0.2, 0.25) is 17.6 Å². The molecule has 4 atom stereocenters. The molecule has 0 aromatic carbocycles. The van der Waals surface area contributed by atoms with Crippen molar-refractivity contribution in [3.8, 4) is 0 Å². The van der Waals surface area contributed by atoms with Gasteiger partial charge in [0.1, 0.15) is 12.1 Å². The smallest absolute Gasteiger partial charge is 0.315 e. The molecule has 35 heavy (non-hydrogen) atoms. The van der Waals surface area contributed by atoms with E-state index in [9.17, 15) is 24.0 Å². The number of carbonyl (C=O) groups is 5. The van der Waals surface area contributed by atoms with Crippen molar-refractivity contribution in [1.29, 1.82) is 0 Å². The highest BCUT2D eigenvalue weighted by molar-refractivity contribution is 6.37. The summed E-state index contributed by atoms with van der Waals surface area (Å²) < 4.78 is 0. The molecule has 2 aliphatic heterocycles. The molecular formula is C25H41N5O5. The largest absolute Gasteiger partial charge is 0.363 e. The van der Waals surface area contributed by atoms with Crippen molar-refractivity contribution in [1.82, 2.24) is 20.9 Å². The first kappa shape index (κ1) is 26.9. The first-order valence-electron chi connectivity index (χ1n) is 13.1. The fraction of sp³-hybridized carbons (Fsp3) is 0.800. The number of rotatable bonds is 4. The van der Waals surface area contributed by atoms with E-state index in [1.54, 1.807) is 0 Å². The molecule has 0 aromatic rings. The molecule has 0 unspecified atom stereocenters. The van der Waals surface area contributed by atoms with Crippen molar-refractivity contribution in [3.63, 3.8) is 0 Å². The minimum absolute atomic E-state index is 0.0866. The number of primary amides is 1. The summed E-state index contributed by atoms with van der Waals surface area (Å²) in [6.45, 7) is 4.40. The summed E-state index contributed by atoms with van der Waals surface area (Å²) in [5.41, 5.74) is 4.92. The SMILES string of the molecule is C[C@@H]1C[C@H]2C(=O)N[C@H](C(=O)C(N)=O)CCCCCC[C@H](NC(=O)NC3(C)CCCCC3)C(=O)N2C1. The van der Waals surface area contributed by atoms with Gasteiger partial charge in [-0.15, -0.1) is 0 Å². The molecular weight excluding hydrogens is 450 g/mol. The lowest BCUT2D eigenvalue weighted by atomic mass is 9.83. The molecule has 1 saturated carbocycles. The fourth-order valence-corrected chi connectivity index (χ4v) is 5.68. The first-order valence-corrected chi connectivity index (χ1v) is 13.1. The number of urea groups is 1. The molecule has 10 nitrogen and oxygen atoms in total. The van der Waals surface area contributed by atoms with Gasteiger partial charge in [-0.1, -0.05) is 51.9 Å². The van der Waals surface area contributed by atoms with Crippen molar-refractivity contribution in [2.75, 3.05) is 6.54 Å². The average molecular weight is 492 g/mol. The summed E-state index contributed by atoms with van der Waals surface area (Å²) in [6, 6.07) is -2.82. The van der Waals surface area contributed by atoms with Crippen molar-refractivity contribution >= 4 is 29.5 Å². The van der Waals surface area contributed by atoms with Crippen LogP contribution >= 0.6 is 0 Å². The lowest BCUT2D eigenvalue weighted by Gasteiger charge is -2.35. The molecule has 10 heteroatoms. The summed E-state index contributed by atoms with van der Waals surface area (Å²) in [6.07, 6.45) is 9.32. The zero-order valence-electron chi connectivity index (χ0n) is 21.1. The van der Waals surface area contributed by atoms with Crippen LogP contribution in [0, 0.1) is 5.92 Å². The normalized spacial score (nSPS) is 30.1. The summed E-state index contributed by atoms with van der Waals surface area (Å²) in [5, 5.41) is 8.67. The molecule has 0 radical (unpaired) electrons. The first-order chi connectivity index (χ1) is 16.6. The third kappa shape index (κ3) is 7.18. The van der Waals surface area contributed by atoms with Gasteiger partial charge in [-0.25, -0.2) is 4.79 Å². The summed E-state index contributed by atoms with van der Waals surface area (Å²) >= 11 is 0. The molecule has 5 amide bonds. The number of carbonyl (C=O) groups excluding carboxylic acids is 5. The number of hydrogen-bond acceptors (Lipinski definition) is 5. The predicted octanol–water partition coefficient (Wildman–Crippen LogP) is 1.51. The molecule has 3 rings (SSSR count). The molecule has 3 fully saturated rings. The van der Waals surface area contributed by atoms with E-state index in [4.69, 9.17) is 5.73 Å². The third-order valence-electron chi connectivity index (χ3n) is 7.68. The molecule has 1 aliphatic carbocycles. The number of Topliss-reactive ketones (excluding diaryl/α,β-unsaturated/α-hetero) is 1. The molecule has 5 N–H and O–H groups in total. The maximum atomic E-state index is 13.6. The van der Waals surface area contributed by atoms with Crippen LogP contribution in [0.25, 0.3) is 0 Å². The van der Waals surface area contributed by atoms with Gasteiger partial charge in [0.05, 0.1) is 6.04 Å². The number of ketones is 1. The van der Waals surface area contributed by atoms with E-state index >= 15 is 0 Å². The zero-order chi connectivity index (χ0) is 25.6. The van der Waals surface area contributed by atoms with Crippen molar-refractivity contribution in [2.24, 2.45) is 11.7 Å². The van der Waals surface area contributed by atoms with E-state index in [-0.39, 0.29) is 23.4 Å². The highest BCUT2D eigenvalue weighted by Crippen LogP contribution is 2.28. The molecule has 0 aromatic heterocycles. The Kier molecular flexibility index (Phi) is 9.13. The summed E-state index contributed by atoms with van der Waals surface area (Å²) in [7, 11) is 0. The van der Waals surface area contributed by atoms with Crippen LogP contribution in [0.3, 0.4) is 0 Å². The van der Waals surface area contributed by atoms with Gasteiger partial charge in [0.25, 0.3) is 5.91 Å². The van der Waals surface area contributed by atoms with Crippen LogP contribution in [0.15, 0.2) is 0 Å². The van der Waals surface area contributed by atoms with Crippen LogP contribution in [-0.2, 0) is 19.2 Å². The number of fused-ring (bicyclic) bond motifs is 1. The second-order valence-corrected chi connectivity index (χ2v) is 10.9. The predicted molar refractivity (Wildman–Crippen MR) is 130 cm³/mol. The Morgan fingerprint density at radius 3 is 2.29 bits per heavy atom. The standard InChI is InChI=1S/C25H41N5O5/c1-16-14-19-22(33)27-17(20(31)21(26)32)10-6-3-4-7-11-18(23(34)30(19)15-16)28-24(35)29-25(2)12-8-5-9-13-25/h16-19H,3-15H2,1-2H3,(H2,26,32)(H,27,33)(H2,28,29,35)/t16-,17+,18+,19+/m1/s1. The van der Waals surface area contributed by atoms with Crippen molar-refractivity contribution in [2.45, 2.75) is 115 Å². The van der Waals surface area contributed by atoms with Crippen LogP contribution in [0.4, 0.5) is 4.79 Å². The van der Waals surface area contributed by atoms with Crippen molar-refractivity contribution in [3.05, 3.63) is 0 Å². The van der Waals surface area contributed by atoms with Crippen LogP contribution in [-0.4, -0.2) is 64.6 Å². The van der Waals surface area contributed by atoms with E-state index in [2.05, 4.69) is 16.0 Å². The van der Waals surface area contributed by atoms with Crippen LogP contribution in [0.1, 0.15) is 90.9 Å². The topological polar surface area (TPSA) is 151 Å². The summed E-state index contributed by atoms with van der Waals surface area (Å²) in [4.78, 5) is 65.0. The van der Waals surface area contributed by atoms with E-state index in [1.807, 2.05) is 13.8 Å². The van der Waals surface area contributed by atoms with Crippen molar-refractivity contribution < 1.29 is 24.0 Å². The Morgan fingerprint density at radius 2 is 1.63 bits per heavy atom. The second-order valence-electron chi connectivity index (χ2n) is 10.9. The quantitative estimate of drug-likeness (QED) is 0.440. The Hall–Kier alpha value is -2.65. The Bertz CT molecular complexity index is 825. The molecule has 2 saturated heterocycles. The van der Waals surface area contributed by atoms with E-state index in [1.165, 1.54) is 11.3 Å². The monoisotopic (exact) mass is 491 g/mol. The lowest BCUT2D eigenvalue weighted by Crippen LogP contribution is -2.58. The molecule has 2 heterocycles. The van der Waals surface area contributed by atoms with Gasteiger partial charge in [-0.3, -0.25) is 19.2 Å². The molecule has 196 valence electrons. The minimum atomic E-state index is -1.07. The van der Waals surface area contributed by atoms with Gasteiger partial charge >= 0.3 is 6.03 Å². The van der Waals surface area contributed by atoms with Gasteiger partial charge in [-0.05, 0) is 44.9 Å². The van der Waals surface area contributed by atoms with E-state index in [0.717, 1.165) is 44.9 Å². The highest BCUT2D eigenvalue weighted by atomic mass is 16.2. The second kappa shape index (κ2) is 11.9. The highest BCUT2D eigenvalue weighted by Gasteiger charge is 2.42. The minimum Gasteiger partial charge on any atom is -0.363 e. The van der Waals surface area contributed by atoms with Crippen LogP contribution in [0.5, 0.6) is 0 Å². The van der Waals surface area contributed by atoms with Gasteiger partial charge in [-0.2, -0.15) is 0 Å². The Labute approximate surface area is 207 Å². The fourth-order valence-electron chi connectivity index (χ4n) is 5.68. The third-order valence-corrected chi connectivity index (χ3v) is 7.68. The number of nitrogens with two attached hydrogens (primary N) is 1. The maximum Gasteiger partial charge on any atom is 0.315 e. The van der Waals surface area contributed by atoms with Gasteiger partial charge < -0.3 is 26.6 Å². The average Bonchev–Trinajstić information content (AvgIpc) is 3.20. The number of hydrogen-bond donors (Lipinski definition) is 4. The lowest BCUT2D eigenvalue weighted by molar-refractivity contribution is -0.142. The molecule has 0 spiro atoms. The molecule has 0 bridgehead atoms. The maximum absolute atomic E-state index is 13.6.